The fourth-order valence-electron chi connectivity index (χ4n) is 1.41. The molecule has 0 aliphatic carbocycles. The van der Waals surface area contributed by atoms with Gasteiger partial charge < -0.3 is 0 Å². The van der Waals surface area contributed by atoms with Crippen LogP contribution in [0.2, 0.25) is 0 Å². The number of nitrogens with zero attached hydrogens (tertiary/aromatic N) is 3. The van der Waals surface area contributed by atoms with Gasteiger partial charge in [-0.15, -0.1) is 11.3 Å². The van der Waals surface area contributed by atoms with Gasteiger partial charge in [0.15, 0.2) is 0 Å². The van der Waals surface area contributed by atoms with Crippen LogP contribution < -0.4 is 5.43 Å². The molecule has 1 aromatic heterocycles. The molecular weight excluding hydrogens is 284 g/mol. The van der Waals surface area contributed by atoms with Gasteiger partial charge in [0, 0.05) is 10.9 Å². The van der Waals surface area contributed by atoms with Gasteiger partial charge in [-0.25, -0.2) is 0 Å². The second kappa shape index (κ2) is 5.89. The lowest BCUT2D eigenvalue weighted by molar-refractivity contribution is -0.393. The van der Waals surface area contributed by atoms with Crippen LogP contribution in [0.15, 0.2) is 40.8 Å². The molecule has 0 spiro atoms. The second-order valence-electron chi connectivity index (χ2n) is 3.60. The first-order valence-corrected chi connectivity index (χ1v) is 6.21. The number of hydrogen-bond acceptors (Lipinski definition) is 7. The van der Waals surface area contributed by atoms with Crippen LogP contribution >= 0.6 is 11.3 Å². The van der Waals surface area contributed by atoms with Crippen molar-refractivity contribution in [3.05, 3.63) is 60.8 Å². The van der Waals surface area contributed by atoms with Gasteiger partial charge in [0.05, 0.1) is 22.1 Å². The SMILES string of the molecule is O=[N+]([O-])c1ccc(NN=Cc2cccs2)c([N+](=O)[O-])c1. The van der Waals surface area contributed by atoms with Gasteiger partial charge in [-0.3, -0.25) is 25.7 Å². The van der Waals surface area contributed by atoms with E-state index in [1.54, 1.807) is 0 Å². The van der Waals surface area contributed by atoms with Crippen LogP contribution in [0.25, 0.3) is 0 Å². The lowest BCUT2D eigenvalue weighted by Crippen LogP contribution is -1.98. The Balaban J connectivity index is 2.22. The maximum Gasteiger partial charge on any atom is 0.301 e. The van der Waals surface area contributed by atoms with Gasteiger partial charge in [0.25, 0.3) is 5.69 Å². The molecule has 0 aliphatic heterocycles. The maximum atomic E-state index is 10.9. The predicted molar refractivity (Wildman–Crippen MR) is 75.3 cm³/mol. The zero-order valence-electron chi connectivity index (χ0n) is 9.92. The molecule has 102 valence electrons. The van der Waals surface area contributed by atoms with E-state index in [-0.39, 0.29) is 11.4 Å². The van der Waals surface area contributed by atoms with Crippen molar-refractivity contribution in [1.29, 1.82) is 0 Å². The summed E-state index contributed by atoms with van der Waals surface area (Å²) in [4.78, 5) is 21.0. The van der Waals surface area contributed by atoms with E-state index in [0.717, 1.165) is 10.9 Å². The number of nitro groups is 2. The molecule has 0 saturated carbocycles. The third-order valence-electron chi connectivity index (χ3n) is 2.31. The zero-order chi connectivity index (χ0) is 14.5. The quantitative estimate of drug-likeness (QED) is 0.517. The molecule has 2 aromatic rings. The number of rotatable bonds is 5. The van der Waals surface area contributed by atoms with Crippen LogP contribution in [0.5, 0.6) is 0 Å². The molecule has 0 saturated heterocycles. The summed E-state index contributed by atoms with van der Waals surface area (Å²) >= 11 is 1.46. The maximum absolute atomic E-state index is 10.9. The average Bonchev–Trinajstić information content (AvgIpc) is 2.91. The van der Waals surface area contributed by atoms with Gasteiger partial charge >= 0.3 is 5.69 Å². The highest BCUT2D eigenvalue weighted by molar-refractivity contribution is 7.11. The zero-order valence-corrected chi connectivity index (χ0v) is 10.7. The molecule has 0 amide bonds. The van der Waals surface area contributed by atoms with Gasteiger partial charge in [-0.1, -0.05) is 6.07 Å². The van der Waals surface area contributed by atoms with E-state index < -0.39 is 15.5 Å². The number of nitrogens with one attached hydrogen (secondary N) is 1. The van der Waals surface area contributed by atoms with Crippen molar-refractivity contribution >= 4 is 34.6 Å². The Labute approximate surface area is 116 Å². The number of non-ortho nitro benzene ring substituents is 1. The summed E-state index contributed by atoms with van der Waals surface area (Å²) < 4.78 is 0. The van der Waals surface area contributed by atoms with Crippen molar-refractivity contribution in [2.75, 3.05) is 5.43 Å². The molecule has 1 aromatic carbocycles. The molecule has 1 N–H and O–H groups in total. The second-order valence-corrected chi connectivity index (χ2v) is 4.58. The molecule has 0 aliphatic rings. The fourth-order valence-corrected chi connectivity index (χ4v) is 1.99. The average molecular weight is 292 g/mol. The van der Waals surface area contributed by atoms with Crippen LogP contribution in [0.1, 0.15) is 4.88 Å². The summed E-state index contributed by atoms with van der Waals surface area (Å²) in [5, 5.41) is 27.2. The number of benzene rings is 1. The standard InChI is InChI=1S/C11H8N4O4S/c16-14(17)8-3-4-10(11(6-8)15(18)19)13-12-7-9-2-1-5-20-9/h1-7,13H. The molecule has 9 heteroatoms. The topological polar surface area (TPSA) is 111 Å². The highest BCUT2D eigenvalue weighted by Crippen LogP contribution is 2.28. The van der Waals surface area contributed by atoms with Crippen LogP contribution in [0, 0.1) is 20.2 Å². The van der Waals surface area contributed by atoms with Crippen molar-refractivity contribution in [1.82, 2.24) is 0 Å². The first-order valence-electron chi connectivity index (χ1n) is 5.33. The Hall–Kier alpha value is -2.81. The minimum atomic E-state index is -0.698. The summed E-state index contributed by atoms with van der Waals surface area (Å²) in [6.45, 7) is 0. The minimum Gasteiger partial charge on any atom is -0.272 e. The number of hydrazone groups is 1. The summed E-state index contributed by atoms with van der Waals surface area (Å²) in [5.41, 5.74) is 1.86. The van der Waals surface area contributed by atoms with E-state index in [9.17, 15) is 20.2 Å². The van der Waals surface area contributed by atoms with Crippen LogP contribution in [0.4, 0.5) is 17.1 Å². The van der Waals surface area contributed by atoms with E-state index in [1.807, 2.05) is 17.5 Å². The molecule has 1 heterocycles. The van der Waals surface area contributed by atoms with Gasteiger partial charge in [0.1, 0.15) is 5.69 Å². The first-order chi connectivity index (χ1) is 9.58. The Morgan fingerprint density at radius 2 is 2.00 bits per heavy atom. The molecule has 0 bridgehead atoms. The molecular formula is C11H8N4O4S. The number of hydrogen-bond donors (Lipinski definition) is 1. The highest BCUT2D eigenvalue weighted by atomic mass is 32.1. The molecule has 2 rings (SSSR count). The molecule has 8 nitrogen and oxygen atoms in total. The fraction of sp³-hybridized carbons (Fsp3) is 0. The highest BCUT2D eigenvalue weighted by Gasteiger charge is 2.18. The number of thiophene rings is 1. The van der Waals surface area contributed by atoms with E-state index in [1.165, 1.54) is 29.7 Å². The normalized spacial score (nSPS) is 10.6. The summed E-state index contributed by atoms with van der Waals surface area (Å²) in [6.07, 6.45) is 1.51. The van der Waals surface area contributed by atoms with Crippen molar-refractivity contribution in [2.24, 2.45) is 5.10 Å². The summed E-state index contributed by atoms with van der Waals surface area (Å²) in [6, 6.07) is 7.00. The van der Waals surface area contributed by atoms with Crippen LogP contribution in [-0.4, -0.2) is 16.1 Å². The smallest absolute Gasteiger partial charge is 0.272 e. The minimum absolute atomic E-state index is 0.0911. The summed E-state index contributed by atoms with van der Waals surface area (Å²) in [7, 11) is 0. The third kappa shape index (κ3) is 3.14. The van der Waals surface area contributed by atoms with Gasteiger partial charge in [-0.2, -0.15) is 5.10 Å². The van der Waals surface area contributed by atoms with E-state index in [2.05, 4.69) is 10.5 Å². The Morgan fingerprint density at radius 3 is 2.60 bits per heavy atom. The number of nitro benzene ring substituents is 2. The molecule has 0 radical (unpaired) electrons. The van der Waals surface area contributed by atoms with Crippen molar-refractivity contribution in [2.45, 2.75) is 0 Å². The Morgan fingerprint density at radius 1 is 1.20 bits per heavy atom. The van der Waals surface area contributed by atoms with E-state index >= 15 is 0 Å². The van der Waals surface area contributed by atoms with Crippen molar-refractivity contribution in [3.63, 3.8) is 0 Å². The molecule has 0 fully saturated rings. The molecule has 0 unspecified atom stereocenters. The predicted octanol–water partition coefficient (Wildman–Crippen LogP) is 3.01. The Kier molecular flexibility index (Phi) is 4.01. The molecule has 0 atom stereocenters. The summed E-state index contributed by atoms with van der Waals surface area (Å²) in [5.74, 6) is 0. The van der Waals surface area contributed by atoms with Crippen LogP contribution in [-0.2, 0) is 0 Å². The lowest BCUT2D eigenvalue weighted by Gasteiger charge is -2.01. The first kappa shape index (κ1) is 13.6. The number of anilines is 1. The van der Waals surface area contributed by atoms with E-state index in [0.29, 0.717) is 0 Å². The van der Waals surface area contributed by atoms with Crippen LogP contribution in [0.3, 0.4) is 0 Å². The lowest BCUT2D eigenvalue weighted by atomic mass is 10.2. The Bertz CT molecular complexity index is 669. The monoisotopic (exact) mass is 292 g/mol. The van der Waals surface area contributed by atoms with Crippen molar-refractivity contribution < 1.29 is 9.85 Å². The van der Waals surface area contributed by atoms with Gasteiger partial charge in [0.2, 0.25) is 0 Å². The van der Waals surface area contributed by atoms with Gasteiger partial charge in [-0.05, 0) is 17.5 Å². The molecule has 20 heavy (non-hydrogen) atoms. The largest absolute Gasteiger partial charge is 0.301 e. The third-order valence-corrected chi connectivity index (χ3v) is 3.12. The van der Waals surface area contributed by atoms with E-state index in [4.69, 9.17) is 0 Å². The van der Waals surface area contributed by atoms with Crippen molar-refractivity contribution in [3.8, 4) is 0 Å².